The Bertz CT molecular complexity index is 1040. The van der Waals surface area contributed by atoms with Crippen molar-refractivity contribution in [3.8, 4) is 5.75 Å². The van der Waals surface area contributed by atoms with Gasteiger partial charge in [0.25, 0.3) is 0 Å². The van der Waals surface area contributed by atoms with Crippen LogP contribution in [-0.2, 0) is 15.7 Å². The number of hydrogen-bond acceptors (Lipinski definition) is 9. The number of nitrogens with one attached hydrogen (secondary N) is 1. The number of amides is 1. The average molecular weight is 483 g/mol. The third kappa shape index (κ3) is 5.55. The topological polar surface area (TPSA) is 117 Å². The van der Waals surface area contributed by atoms with Crippen LogP contribution in [0, 0.1) is 0 Å². The fourth-order valence-corrected chi connectivity index (χ4v) is 3.73. The van der Waals surface area contributed by atoms with Gasteiger partial charge in [0.1, 0.15) is 12.3 Å². The van der Waals surface area contributed by atoms with E-state index in [1.165, 1.54) is 6.20 Å². The first-order valence-electron chi connectivity index (χ1n) is 10.8. The number of halogens is 3. The lowest BCUT2D eigenvalue weighted by molar-refractivity contribution is -0.138. The molecule has 0 radical (unpaired) electrons. The number of carbonyl (C=O) groups excluding carboxylic acids is 1. The van der Waals surface area contributed by atoms with E-state index in [1.807, 2.05) is 4.90 Å². The summed E-state index contributed by atoms with van der Waals surface area (Å²) < 4.78 is 49.0. The van der Waals surface area contributed by atoms with Crippen molar-refractivity contribution in [2.45, 2.75) is 12.6 Å². The van der Waals surface area contributed by atoms with E-state index in [1.54, 1.807) is 9.80 Å². The van der Waals surface area contributed by atoms with Crippen LogP contribution >= 0.6 is 0 Å². The molecule has 34 heavy (non-hydrogen) atoms. The van der Waals surface area contributed by atoms with Gasteiger partial charge in [0.05, 0.1) is 37.9 Å². The molecule has 0 aliphatic carbocycles. The number of ether oxygens (including phenoxy) is 2. The predicted molar refractivity (Wildman–Crippen MR) is 114 cm³/mol. The molecule has 184 valence electrons. The summed E-state index contributed by atoms with van der Waals surface area (Å²) in [7, 11) is 0. The highest BCUT2D eigenvalue weighted by molar-refractivity contribution is 5.76. The maximum Gasteiger partial charge on any atom is 0.419 e. The van der Waals surface area contributed by atoms with Crippen molar-refractivity contribution in [1.82, 2.24) is 25.1 Å². The van der Waals surface area contributed by atoms with Gasteiger partial charge in [-0.15, -0.1) is 0 Å². The van der Waals surface area contributed by atoms with Gasteiger partial charge in [0.15, 0.2) is 0 Å². The van der Waals surface area contributed by atoms with E-state index in [2.05, 4.69) is 20.2 Å². The Kier molecular flexibility index (Phi) is 7.14. The van der Waals surface area contributed by atoms with Crippen LogP contribution in [0.4, 0.5) is 24.8 Å². The second kappa shape index (κ2) is 10.2. The standard InChI is InChI=1S/C20H24F3N7O4/c21-20(22,23)14-11-24-19(25-12-14)30-4-2-29(3-5-30)16(31)1-8-33-9-6-28-7-10-34-17-15(28)13-26-27-18(17)32/h11-13H,1-10H2,(H,27,32). The van der Waals surface area contributed by atoms with Gasteiger partial charge < -0.3 is 24.2 Å². The summed E-state index contributed by atoms with van der Waals surface area (Å²) in [6, 6.07) is 0. The molecule has 0 bridgehead atoms. The molecule has 0 unspecified atom stereocenters. The van der Waals surface area contributed by atoms with Crippen LogP contribution in [0.15, 0.2) is 23.4 Å². The first-order valence-corrected chi connectivity index (χ1v) is 10.8. The summed E-state index contributed by atoms with van der Waals surface area (Å²) in [6.07, 6.45) is -1.19. The number of nitrogens with zero attached hydrogens (tertiary/aromatic N) is 6. The highest BCUT2D eigenvalue weighted by Crippen LogP contribution is 2.28. The smallest absolute Gasteiger partial charge is 0.419 e. The van der Waals surface area contributed by atoms with Crippen LogP contribution in [-0.4, -0.2) is 90.1 Å². The van der Waals surface area contributed by atoms with E-state index in [0.29, 0.717) is 58.2 Å². The van der Waals surface area contributed by atoms with E-state index in [-0.39, 0.29) is 36.2 Å². The molecule has 2 aromatic heterocycles. The maximum atomic E-state index is 12.7. The van der Waals surface area contributed by atoms with Crippen LogP contribution in [0.25, 0.3) is 0 Å². The second-order valence-corrected chi connectivity index (χ2v) is 7.75. The van der Waals surface area contributed by atoms with Crippen molar-refractivity contribution in [3.63, 3.8) is 0 Å². The molecule has 4 rings (SSSR count). The third-order valence-corrected chi connectivity index (χ3v) is 5.59. The third-order valence-electron chi connectivity index (χ3n) is 5.59. The zero-order chi connectivity index (χ0) is 24.1. The minimum atomic E-state index is -4.48. The lowest BCUT2D eigenvalue weighted by Crippen LogP contribution is -2.49. The van der Waals surface area contributed by atoms with Crippen LogP contribution in [0.5, 0.6) is 5.75 Å². The van der Waals surface area contributed by atoms with E-state index in [4.69, 9.17) is 9.47 Å². The molecular formula is C20H24F3N7O4. The van der Waals surface area contributed by atoms with Gasteiger partial charge in [-0.05, 0) is 0 Å². The molecule has 0 saturated carbocycles. The minimum absolute atomic E-state index is 0.0551. The molecule has 0 aromatic carbocycles. The van der Waals surface area contributed by atoms with Crippen LogP contribution < -0.4 is 20.1 Å². The van der Waals surface area contributed by atoms with E-state index in [0.717, 1.165) is 12.4 Å². The van der Waals surface area contributed by atoms with Crippen molar-refractivity contribution >= 4 is 17.5 Å². The van der Waals surface area contributed by atoms with E-state index >= 15 is 0 Å². The Labute approximate surface area is 192 Å². The molecule has 0 atom stereocenters. The Morgan fingerprint density at radius 1 is 1.09 bits per heavy atom. The Morgan fingerprint density at radius 2 is 1.82 bits per heavy atom. The molecule has 0 spiro atoms. The summed E-state index contributed by atoms with van der Waals surface area (Å²) in [4.78, 5) is 37.2. The number of fused-ring (bicyclic) bond motifs is 1. The van der Waals surface area contributed by atoms with Crippen molar-refractivity contribution < 1.29 is 27.4 Å². The van der Waals surface area contributed by atoms with Crippen molar-refractivity contribution in [2.75, 3.05) is 68.9 Å². The van der Waals surface area contributed by atoms with E-state index < -0.39 is 11.7 Å². The molecular weight excluding hydrogens is 459 g/mol. The number of rotatable bonds is 7. The highest BCUT2D eigenvalue weighted by atomic mass is 19.4. The Hall–Kier alpha value is -3.42. The summed E-state index contributed by atoms with van der Waals surface area (Å²) in [5.74, 6) is 0.406. The number of hydrogen-bond donors (Lipinski definition) is 1. The molecule has 1 amide bonds. The largest absolute Gasteiger partial charge is 0.484 e. The second-order valence-electron chi connectivity index (χ2n) is 7.75. The fraction of sp³-hybridized carbons (Fsp3) is 0.550. The monoisotopic (exact) mass is 483 g/mol. The van der Waals surface area contributed by atoms with Gasteiger partial charge in [-0.1, -0.05) is 0 Å². The van der Waals surface area contributed by atoms with Crippen molar-refractivity contribution in [3.05, 3.63) is 34.5 Å². The number of carbonyl (C=O) groups is 1. The molecule has 1 fully saturated rings. The minimum Gasteiger partial charge on any atom is -0.484 e. The van der Waals surface area contributed by atoms with Crippen LogP contribution in [0.3, 0.4) is 0 Å². The van der Waals surface area contributed by atoms with Gasteiger partial charge in [0.2, 0.25) is 17.6 Å². The number of alkyl halides is 3. The van der Waals surface area contributed by atoms with Gasteiger partial charge in [0, 0.05) is 45.1 Å². The SMILES string of the molecule is O=C(CCOCCN1CCOc2c1cn[nH]c2=O)N1CCN(c2ncc(C(F)(F)F)cn2)CC1. The van der Waals surface area contributed by atoms with Gasteiger partial charge in [-0.2, -0.15) is 18.3 Å². The molecule has 11 nitrogen and oxygen atoms in total. The number of anilines is 2. The zero-order valence-electron chi connectivity index (χ0n) is 18.3. The molecule has 1 saturated heterocycles. The summed E-state index contributed by atoms with van der Waals surface area (Å²) in [5, 5.41) is 6.14. The van der Waals surface area contributed by atoms with Crippen molar-refractivity contribution in [2.24, 2.45) is 0 Å². The molecule has 2 aromatic rings. The maximum absolute atomic E-state index is 12.7. The number of aromatic amines is 1. The van der Waals surface area contributed by atoms with Crippen LogP contribution in [0.1, 0.15) is 12.0 Å². The first-order chi connectivity index (χ1) is 16.3. The molecule has 1 N–H and O–H groups in total. The normalized spacial score (nSPS) is 16.3. The molecule has 14 heteroatoms. The van der Waals surface area contributed by atoms with Gasteiger partial charge in [-0.3, -0.25) is 9.59 Å². The molecule has 2 aliphatic rings. The average Bonchev–Trinajstić information content (AvgIpc) is 2.84. The number of H-pyrrole nitrogens is 1. The summed E-state index contributed by atoms with van der Waals surface area (Å²) in [6.45, 7) is 3.87. The Morgan fingerprint density at radius 3 is 2.53 bits per heavy atom. The predicted octanol–water partition coefficient (Wildman–Crippen LogP) is 0.533. The Balaban J connectivity index is 1.16. The molecule has 4 heterocycles. The first kappa shape index (κ1) is 23.7. The van der Waals surface area contributed by atoms with Gasteiger partial charge >= 0.3 is 11.7 Å². The quantitative estimate of drug-likeness (QED) is 0.563. The summed E-state index contributed by atoms with van der Waals surface area (Å²) >= 11 is 0. The van der Waals surface area contributed by atoms with Crippen LogP contribution in [0.2, 0.25) is 0 Å². The highest BCUT2D eigenvalue weighted by Gasteiger charge is 2.32. The number of piperazine rings is 1. The lowest BCUT2D eigenvalue weighted by atomic mass is 10.3. The zero-order valence-corrected chi connectivity index (χ0v) is 18.3. The molecule has 2 aliphatic heterocycles. The lowest BCUT2D eigenvalue weighted by Gasteiger charge is -2.34. The van der Waals surface area contributed by atoms with Gasteiger partial charge in [-0.25, -0.2) is 15.1 Å². The fourth-order valence-electron chi connectivity index (χ4n) is 3.73. The van der Waals surface area contributed by atoms with Crippen molar-refractivity contribution in [1.29, 1.82) is 0 Å². The van der Waals surface area contributed by atoms with E-state index in [9.17, 15) is 22.8 Å². The summed E-state index contributed by atoms with van der Waals surface area (Å²) in [5.41, 5.74) is -0.656. The number of aromatic nitrogens is 4.